The summed E-state index contributed by atoms with van der Waals surface area (Å²) < 4.78 is 0. The molecule has 6 N–H and O–H groups in total. The van der Waals surface area contributed by atoms with Crippen LogP contribution in [0.5, 0.6) is 0 Å². The first kappa shape index (κ1) is 18.1. The van der Waals surface area contributed by atoms with Gasteiger partial charge in [0.15, 0.2) is 0 Å². The highest BCUT2D eigenvalue weighted by atomic mass is 16.3. The first-order chi connectivity index (χ1) is 7.47. The summed E-state index contributed by atoms with van der Waals surface area (Å²) in [7, 11) is 0. The third-order valence-electron chi connectivity index (χ3n) is 1.75. The zero-order valence-corrected chi connectivity index (χ0v) is 9.66. The molecule has 0 bridgehead atoms. The Morgan fingerprint density at radius 3 is 1.44 bits per heavy atom. The topological polar surface area (TPSA) is 121 Å². The van der Waals surface area contributed by atoms with E-state index in [0.717, 1.165) is 0 Å². The van der Waals surface area contributed by atoms with Gasteiger partial charge in [-0.05, 0) is 19.8 Å². The minimum atomic E-state index is -0.769. The summed E-state index contributed by atoms with van der Waals surface area (Å²) in [5, 5.41) is 50.6. The van der Waals surface area contributed by atoms with Gasteiger partial charge in [0.2, 0.25) is 0 Å². The van der Waals surface area contributed by atoms with E-state index >= 15 is 0 Å². The number of aliphatic hydroxyl groups is 6. The molecule has 0 fully saturated rings. The fourth-order valence-corrected chi connectivity index (χ4v) is 0.911. The van der Waals surface area contributed by atoms with Gasteiger partial charge >= 0.3 is 0 Å². The predicted molar refractivity (Wildman–Crippen MR) is 58.8 cm³/mol. The Kier molecular flexibility index (Phi) is 14.5. The Morgan fingerprint density at radius 1 is 0.812 bits per heavy atom. The summed E-state index contributed by atoms with van der Waals surface area (Å²) in [6.07, 6.45) is -0.866. The third kappa shape index (κ3) is 16.2. The maximum atomic E-state index is 8.73. The number of hydrogen-bond acceptors (Lipinski definition) is 6. The average Bonchev–Trinajstić information content (AvgIpc) is 2.18. The largest absolute Gasteiger partial charge is 0.396 e. The van der Waals surface area contributed by atoms with Crippen LogP contribution in [0.4, 0.5) is 0 Å². The summed E-state index contributed by atoms with van der Waals surface area (Å²) in [6.45, 7) is 1.27. The SMILES string of the molecule is CC(O)CC(O)CO.OCCC(O)CCO. The molecule has 0 aromatic carbocycles. The van der Waals surface area contributed by atoms with Gasteiger partial charge in [-0.25, -0.2) is 0 Å². The van der Waals surface area contributed by atoms with Crippen LogP contribution in [-0.2, 0) is 0 Å². The normalized spacial score (nSPS) is 14.2. The smallest absolute Gasteiger partial charge is 0.0795 e. The number of hydrogen-bond donors (Lipinski definition) is 6. The van der Waals surface area contributed by atoms with Crippen LogP contribution in [0.15, 0.2) is 0 Å². The lowest BCUT2D eigenvalue weighted by molar-refractivity contribution is 0.0478. The van der Waals surface area contributed by atoms with E-state index in [-0.39, 0.29) is 26.2 Å². The highest BCUT2D eigenvalue weighted by Crippen LogP contribution is 1.94. The van der Waals surface area contributed by atoms with Gasteiger partial charge in [0.05, 0.1) is 24.9 Å². The lowest BCUT2D eigenvalue weighted by Crippen LogP contribution is -2.18. The molecule has 6 nitrogen and oxygen atoms in total. The Hall–Kier alpha value is -0.240. The molecule has 0 amide bonds. The van der Waals surface area contributed by atoms with E-state index in [0.29, 0.717) is 12.8 Å². The van der Waals surface area contributed by atoms with Crippen LogP contribution in [0, 0.1) is 0 Å². The molecule has 0 rings (SSSR count). The summed E-state index contributed by atoms with van der Waals surface area (Å²) in [4.78, 5) is 0. The van der Waals surface area contributed by atoms with Crippen molar-refractivity contribution in [1.29, 1.82) is 0 Å². The molecule has 100 valence electrons. The standard InChI is InChI=1S/2C5H12O3/c1-4(7)2-5(8)3-6;6-3-1-5(8)2-4-7/h4-8H,2-3H2,1H3;5-8H,1-4H2. The molecule has 0 saturated carbocycles. The fourth-order valence-electron chi connectivity index (χ4n) is 0.911. The van der Waals surface area contributed by atoms with Crippen LogP contribution in [0.3, 0.4) is 0 Å². The Labute approximate surface area is 95.8 Å². The van der Waals surface area contributed by atoms with E-state index in [9.17, 15) is 0 Å². The van der Waals surface area contributed by atoms with Gasteiger partial charge in [0, 0.05) is 19.6 Å². The van der Waals surface area contributed by atoms with E-state index in [4.69, 9.17) is 30.6 Å². The van der Waals surface area contributed by atoms with Gasteiger partial charge < -0.3 is 30.6 Å². The molecular formula is C10H24O6. The summed E-state index contributed by atoms with van der Waals surface area (Å²) in [6, 6.07) is 0. The van der Waals surface area contributed by atoms with Gasteiger partial charge in [-0.1, -0.05) is 0 Å². The van der Waals surface area contributed by atoms with Gasteiger partial charge in [0.1, 0.15) is 0 Å². The molecule has 0 aromatic rings. The van der Waals surface area contributed by atoms with Crippen molar-refractivity contribution < 1.29 is 30.6 Å². The zero-order chi connectivity index (χ0) is 13.0. The fraction of sp³-hybridized carbons (Fsp3) is 1.00. The lowest BCUT2D eigenvalue weighted by atomic mass is 10.2. The molecule has 0 heterocycles. The van der Waals surface area contributed by atoms with Crippen molar-refractivity contribution >= 4 is 0 Å². The quantitative estimate of drug-likeness (QED) is 0.313. The van der Waals surface area contributed by atoms with Crippen molar-refractivity contribution in [2.24, 2.45) is 0 Å². The molecule has 0 spiro atoms. The highest BCUT2D eigenvalue weighted by Gasteiger charge is 2.04. The second-order valence-corrected chi connectivity index (χ2v) is 3.60. The molecule has 0 aliphatic heterocycles. The Morgan fingerprint density at radius 2 is 1.25 bits per heavy atom. The highest BCUT2D eigenvalue weighted by molar-refractivity contribution is 4.56. The minimum Gasteiger partial charge on any atom is -0.396 e. The van der Waals surface area contributed by atoms with Crippen LogP contribution in [-0.4, -0.2) is 68.8 Å². The van der Waals surface area contributed by atoms with Crippen molar-refractivity contribution in [3.8, 4) is 0 Å². The maximum Gasteiger partial charge on any atom is 0.0795 e. The summed E-state index contributed by atoms with van der Waals surface area (Å²) >= 11 is 0. The van der Waals surface area contributed by atoms with Gasteiger partial charge in [-0.2, -0.15) is 0 Å². The second kappa shape index (κ2) is 12.8. The molecule has 2 atom stereocenters. The first-order valence-corrected chi connectivity index (χ1v) is 5.34. The second-order valence-electron chi connectivity index (χ2n) is 3.60. The summed E-state index contributed by atoms with van der Waals surface area (Å²) in [5.74, 6) is 0. The van der Waals surface area contributed by atoms with Crippen LogP contribution >= 0.6 is 0 Å². The van der Waals surface area contributed by atoms with Crippen LogP contribution < -0.4 is 0 Å². The van der Waals surface area contributed by atoms with Crippen molar-refractivity contribution in [2.75, 3.05) is 19.8 Å². The minimum absolute atomic E-state index is 0.0127. The molecular weight excluding hydrogens is 216 g/mol. The molecule has 6 heteroatoms. The molecule has 0 aliphatic carbocycles. The third-order valence-corrected chi connectivity index (χ3v) is 1.75. The lowest BCUT2D eigenvalue weighted by Gasteiger charge is -2.07. The predicted octanol–water partition coefficient (Wildman–Crippen LogP) is -1.78. The van der Waals surface area contributed by atoms with E-state index in [1.54, 1.807) is 6.92 Å². The Balaban J connectivity index is 0. The monoisotopic (exact) mass is 240 g/mol. The van der Waals surface area contributed by atoms with Gasteiger partial charge in [-0.3, -0.25) is 0 Å². The van der Waals surface area contributed by atoms with Gasteiger partial charge in [0.25, 0.3) is 0 Å². The van der Waals surface area contributed by atoms with Crippen LogP contribution in [0.2, 0.25) is 0 Å². The zero-order valence-electron chi connectivity index (χ0n) is 9.66. The van der Waals surface area contributed by atoms with Crippen molar-refractivity contribution in [2.45, 2.75) is 44.5 Å². The molecule has 0 saturated heterocycles. The average molecular weight is 240 g/mol. The molecule has 2 unspecified atom stereocenters. The first-order valence-electron chi connectivity index (χ1n) is 5.34. The molecule has 0 radical (unpaired) electrons. The van der Waals surface area contributed by atoms with E-state index in [1.165, 1.54) is 0 Å². The van der Waals surface area contributed by atoms with Gasteiger partial charge in [-0.15, -0.1) is 0 Å². The van der Waals surface area contributed by atoms with Crippen molar-refractivity contribution in [3.63, 3.8) is 0 Å². The van der Waals surface area contributed by atoms with E-state index in [2.05, 4.69) is 0 Å². The van der Waals surface area contributed by atoms with E-state index in [1.807, 2.05) is 0 Å². The molecule has 0 aliphatic rings. The Bertz CT molecular complexity index is 124. The number of rotatable bonds is 7. The maximum absolute atomic E-state index is 8.73. The molecule has 16 heavy (non-hydrogen) atoms. The van der Waals surface area contributed by atoms with Crippen LogP contribution in [0.25, 0.3) is 0 Å². The van der Waals surface area contributed by atoms with Crippen molar-refractivity contribution in [1.82, 2.24) is 0 Å². The number of aliphatic hydroxyl groups excluding tert-OH is 6. The van der Waals surface area contributed by atoms with Crippen LogP contribution in [0.1, 0.15) is 26.2 Å². The summed E-state index contributed by atoms with van der Waals surface area (Å²) in [5.41, 5.74) is 0. The van der Waals surface area contributed by atoms with Crippen molar-refractivity contribution in [3.05, 3.63) is 0 Å². The molecule has 0 aromatic heterocycles. The van der Waals surface area contributed by atoms with E-state index < -0.39 is 18.3 Å².